The number of aromatic carboxylic acids is 1. The number of carbonyl (C=O) groups excluding carboxylic acids is 3. The smallest absolute Gasteiger partial charge is 0.337 e. The predicted octanol–water partition coefficient (Wildman–Crippen LogP) is 2.78. The number of H-pyrrole nitrogens is 1. The van der Waals surface area contributed by atoms with Gasteiger partial charge < -0.3 is 26.5 Å². The number of anilines is 1. The van der Waals surface area contributed by atoms with E-state index >= 15 is 0 Å². The lowest BCUT2D eigenvalue weighted by molar-refractivity contribution is -0.120. The van der Waals surface area contributed by atoms with Crippen molar-refractivity contribution >= 4 is 41.0 Å². The Kier molecular flexibility index (Phi) is 5.77. The number of aryl methyl sites for hydroxylation is 1. The average molecular weight is 458 g/mol. The number of benzene rings is 2. The topological polar surface area (TPSA) is 154 Å². The van der Waals surface area contributed by atoms with Crippen molar-refractivity contribution in [1.82, 2.24) is 10.3 Å². The minimum Gasteiger partial charge on any atom is -0.478 e. The van der Waals surface area contributed by atoms with Crippen LogP contribution in [0.2, 0.25) is 0 Å². The van der Waals surface area contributed by atoms with Gasteiger partial charge in [0, 0.05) is 28.2 Å². The van der Waals surface area contributed by atoms with E-state index in [0.717, 1.165) is 0 Å². The molecule has 3 amide bonds. The number of hydrogen-bond acceptors (Lipinski definition) is 4. The van der Waals surface area contributed by atoms with Gasteiger partial charge in [0.1, 0.15) is 6.04 Å². The lowest BCUT2D eigenvalue weighted by Crippen LogP contribution is -2.37. The number of primary amides is 1. The van der Waals surface area contributed by atoms with Gasteiger partial charge in [0.25, 0.3) is 11.8 Å². The summed E-state index contributed by atoms with van der Waals surface area (Å²) in [6, 6.07) is 12.3. The van der Waals surface area contributed by atoms with Gasteiger partial charge in [-0.2, -0.15) is 0 Å². The molecule has 1 atom stereocenters. The molecule has 3 aromatic rings. The van der Waals surface area contributed by atoms with Crippen LogP contribution in [-0.4, -0.2) is 33.8 Å². The van der Waals surface area contributed by atoms with Gasteiger partial charge in [-0.25, -0.2) is 4.79 Å². The van der Waals surface area contributed by atoms with E-state index in [-0.39, 0.29) is 22.6 Å². The first-order chi connectivity index (χ1) is 16.2. The Morgan fingerprint density at radius 2 is 1.79 bits per heavy atom. The van der Waals surface area contributed by atoms with Crippen LogP contribution in [0.1, 0.15) is 54.8 Å². The van der Waals surface area contributed by atoms with Crippen LogP contribution in [0.3, 0.4) is 0 Å². The fourth-order valence-corrected chi connectivity index (χ4v) is 4.03. The third-order valence-electron chi connectivity index (χ3n) is 5.74. The van der Waals surface area contributed by atoms with E-state index in [2.05, 4.69) is 15.6 Å². The number of aromatic nitrogens is 1. The lowest BCUT2D eigenvalue weighted by Gasteiger charge is -2.16. The van der Waals surface area contributed by atoms with Crippen molar-refractivity contribution in [2.45, 2.75) is 19.9 Å². The Morgan fingerprint density at radius 3 is 2.41 bits per heavy atom. The quantitative estimate of drug-likeness (QED) is 0.359. The highest BCUT2D eigenvalue weighted by atomic mass is 16.4. The number of carbonyl (C=O) groups is 4. The zero-order chi connectivity index (χ0) is 24.6. The predicted molar refractivity (Wildman–Crippen MR) is 126 cm³/mol. The van der Waals surface area contributed by atoms with Crippen molar-refractivity contribution in [2.75, 3.05) is 5.32 Å². The molecule has 6 N–H and O–H groups in total. The van der Waals surface area contributed by atoms with Crippen LogP contribution >= 0.6 is 0 Å². The highest BCUT2D eigenvalue weighted by Gasteiger charge is 2.28. The number of carboxylic acids is 1. The Hall–Kier alpha value is -4.66. The first-order valence-electron chi connectivity index (χ1n) is 10.4. The molecule has 9 nitrogen and oxygen atoms in total. The summed E-state index contributed by atoms with van der Waals surface area (Å²) in [5.41, 5.74) is 9.17. The summed E-state index contributed by atoms with van der Waals surface area (Å²) in [4.78, 5) is 52.1. The van der Waals surface area contributed by atoms with E-state index in [0.29, 0.717) is 33.8 Å². The third kappa shape index (κ3) is 4.06. The molecule has 2 heterocycles. The Balaban J connectivity index is 1.68. The zero-order valence-electron chi connectivity index (χ0n) is 18.4. The number of rotatable bonds is 6. The lowest BCUT2D eigenvalue weighted by atomic mass is 10.0. The summed E-state index contributed by atoms with van der Waals surface area (Å²) in [5, 5.41) is 14.8. The minimum absolute atomic E-state index is 0.150. The second-order valence-electron chi connectivity index (χ2n) is 7.96. The summed E-state index contributed by atoms with van der Waals surface area (Å²) in [7, 11) is 0. The van der Waals surface area contributed by atoms with Crippen molar-refractivity contribution in [2.24, 2.45) is 5.73 Å². The summed E-state index contributed by atoms with van der Waals surface area (Å²) in [6.45, 7) is 3.30. The molecule has 1 aliphatic rings. The van der Waals surface area contributed by atoms with E-state index in [4.69, 9.17) is 5.73 Å². The number of carboxylic acid groups (broad SMARTS) is 1. The van der Waals surface area contributed by atoms with Gasteiger partial charge in [-0.05, 0) is 49.2 Å². The summed E-state index contributed by atoms with van der Waals surface area (Å²) in [5.74, 6) is -2.68. The van der Waals surface area contributed by atoms with Crippen LogP contribution in [0, 0.1) is 13.8 Å². The molecule has 0 bridgehead atoms. The molecule has 34 heavy (non-hydrogen) atoms. The zero-order valence-corrected chi connectivity index (χ0v) is 18.4. The molecular weight excluding hydrogens is 436 g/mol. The van der Waals surface area contributed by atoms with Crippen LogP contribution in [0.5, 0.6) is 0 Å². The molecule has 0 saturated heterocycles. The number of nitrogens with two attached hydrogens (primary N) is 1. The van der Waals surface area contributed by atoms with E-state index in [1.807, 2.05) is 0 Å². The molecule has 0 radical (unpaired) electrons. The van der Waals surface area contributed by atoms with Gasteiger partial charge in [0.2, 0.25) is 5.91 Å². The number of amides is 3. The molecule has 1 aromatic heterocycles. The number of hydrogen-bond donors (Lipinski definition) is 5. The average Bonchev–Trinajstić information content (AvgIpc) is 3.26. The van der Waals surface area contributed by atoms with Gasteiger partial charge in [-0.15, -0.1) is 0 Å². The number of fused-ring (bicyclic) bond motifs is 1. The Labute approximate surface area is 194 Å². The molecular formula is C25H22N4O5. The first-order valence-corrected chi connectivity index (χ1v) is 10.4. The van der Waals surface area contributed by atoms with Crippen LogP contribution in [-0.2, 0) is 9.59 Å². The van der Waals surface area contributed by atoms with Crippen LogP contribution in [0.15, 0.2) is 48.5 Å². The van der Waals surface area contributed by atoms with E-state index in [1.54, 1.807) is 62.4 Å². The molecule has 0 unspecified atom stereocenters. The fraction of sp³-hybridized carbons (Fsp3) is 0.120. The molecule has 0 spiro atoms. The minimum atomic E-state index is -1.06. The maximum atomic E-state index is 12.9. The summed E-state index contributed by atoms with van der Waals surface area (Å²) >= 11 is 0. The fourth-order valence-electron chi connectivity index (χ4n) is 4.03. The summed E-state index contributed by atoms with van der Waals surface area (Å²) < 4.78 is 0. The highest BCUT2D eigenvalue weighted by molar-refractivity contribution is 6.35. The van der Waals surface area contributed by atoms with Crippen LogP contribution in [0.25, 0.3) is 11.6 Å². The highest BCUT2D eigenvalue weighted by Crippen LogP contribution is 2.35. The molecule has 9 heteroatoms. The van der Waals surface area contributed by atoms with Crippen molar-refractivity contribution in [3.8, 4) is 0 Å². The van der Waals surface area contributed by atoms with Crippen LogP contribution < -0.4 is 16.4 Å². The first kappa shape index (κ1) is 22.5. The third-order valence-corrected chi connectivity index (χ3v) is 5.74. The van der Waals surface area contributed by atoms with E-state index < -0.39 is 23.8 Å². The normalized spacial score (nSPS) is 14.4. The van der Waals surface area contributed by atoms with Gasteiger partial charge in [0.15, 0.2) is 0 Å². The molecule has 0 aliphatic carbocycles. The summed E-state index contributed by atoms with van der Waals surface area (Å²) in [6.07, 6.45) is 1.56. The molecule has 1 aliphatic heterocycles. The number of nitrogens with one attached hydrogen (secondary N) is 3. The molecule has 0 saturated carbocycles. The Morgan fingerprint density at radius 1 is 1.09 bits per heavy atom. The maximum Gasteiger partial charge on any atom is 0.337 e. The largest absolute Gasteiger partial charge is 0.478 e. The van der Waals surface area contributed by atoms with Crippen molar-refractivity contribution in [1.29, 1.82) is 0 Å². The number of aromatic amines is 1. The standard InChI is InChI=1S/C25H22N4O5/c1-12-19(27-13(2)20(12)25(33)34)11-17-16-10-15(8-9-18(16)28-24(17)32)23(31)29-21(22(26)30)14-6-4-3-5-7-14/h3-11,21,27H,1-2H3,(H2,26,30)(H,28,32)(H,29,31)(H,33,34)/t21-/m1/s1. The van der Waals surface area contributed by atoms with Gasteiger partial charge in [-0.1, -0.05) is 30.3 Å². The second kappa shape index (κ2) is 8.70. The Bertz CT molecular complexity index is 1370. The molecule has 172 valence electrons. The SMILES string of the molecule is Cc1[nH]c(C=C2C(=O)Nc3ccc(C(=O)N[C@@H](C(N)=O)c4ccccc4)cc32)c(C)c1C(=O)O. The second-order valence-corrected chi connectivity index (χ2v) is 7.96. The van der Waals surface area contributed by atoms with Crippen molar-refractivity contribution < 1.29 is 24.3 Å². The van der Waals surface area contributed by atoms with Gasteiger partial charge in [0.05, 0.1) is 11.1 Å². The van der Waals surface area contributed by atoms with Crippen molar-refractivity contribution in [3.05, 3.63) is 87.7 Å². The van der Waals surface area contributed by atoms with E-state index in [9.17, 15) is 24.3 Å². The van der Waals surface area contributed by atoms with Gasteiger partial charge in [-0.3, -0.25) is 14.4 Å². The monoisotopic (exact) mass is 458 g/mol. The van der Waals surface area contributed by atoms with Gasteiger partial charge >= 0.3 is 5.97 Å². The molecule has 0 fully saturated rings. The maximum absolute atomic E-state index is 12.9. The molecule has 2 aromatic carbocycles. The van der Waals surface area contributed by atoms with E-state index in [1.165, 1.54) is 6.07 Å². The molecule has 4 rings (SSSR count). The van der Waals surface area contributed by atoms with Crippen LogP contribution in [0.4, 0.5) is 5.69 Å². The van der Waals surface area contributed by atoms with Crippen molar-refractivity contribution in [3.63, 3.8) is 0 Å².